The molecule has 1 aromatic carbocycles. The van der Waals surface area contributed by atoms with Gasteiger partial charge in [0.15, 0.2) is 0 Å². The fourth-order valence-electron chi connectivity index (χ4n) is 2.16. The predicted molar refractivity (Wildman–Crippen MR) is 76.2 cm³/mol. The molecule has 1 aromatic rings. The monoisotopic (exact) mass is 320 g/mol. The molecule has 2 nitrogen and oxygen atoms in total. The van der Waals surface area contributed by atoms with Crippen LogP contribution in [0.5, 0.6) is 0 Å². The van der Waals surface area contributed by atoms with E-state index in [1.807, 2.05) is 27.7 Å². The van der Waals surface area contributed by atoms with Crippen LogP contribution in [0.15, 0.2) is 18.2 Å². The Hall–Kier alpha value is -0.715. The number of alkyl halides is 3. The van der Waals surface area contributed by atoms with E-state index in [4.69, 9.17) is 20.9 Å². The Labute approximate surface area is 127 Å². The van der Waals surface area contributed by atoms with Gasteiger partial charge in [-0.1, -0.05) is 17.7 Å². The molecule has 0 unspecified atom stereocenters. The molecule has 1 heterocycles. The first-order valence-corrected chi connectivity index (χ1v) is 7.01. The number of hydrogen-bond donors (Lipinski definition) is 0. The van der Waals surface area contributed by atoms with Crippen LogP contribution in [0.1, 0.15) is 38.8 Å². The van der Waals surface area contributed by atoms with E-state index in [2.05, 4.69) is 0 Å². The van der Waals surface area contributed by atoms with Crippen LogP contribution >= 0.6 is 11.6 Å². The Kier molecular flexibility index (Phi) is 4.11. The van der Waals surface area contributed by atoms with Gasteiger partial charge in [-0.2, -0.15) is 13.2 Å². The van der Waals surface area contributed by atoms with Gasteiger partial charge < -0.3 is 9.31 Å². The number of benzene rings is 1. The van der Waals surface area contributed by atoms with Crippen molar-refractivity contribution in [2.24, 2.45) is 0 Å². The van der Waals surface area contributed by atoms with Crippen molar-refractivity contribution in [3.05, 3.63) is 34.3 Å². The van der Waals surface area contributed by atoms with Gasteiger partial charge in [-0.15, -0.1) is 0 Å². The molecular weight excluding hydrogens is 303 g/mol. The highest BCUT2D eigenvalue weighted by Gasteiger charge is 2.50. The summed E-state index contributed by atoms with van der Waals surface area (Å²) < 4.78 is 50.1. The van der Waals surface area contributed by atoms with Gasteiger partial charge in [0, 0.05) is 6.32 Å². The van der Waals surface area contributed by atoms with Crippen molar-refractivity contribution in [2.45, 2.75) is 51.4 Å². The summed E-state index contributed by atoms with van der Waals surface area (Å²) in [6, 6.07) is 3.86. The first kappa shape index (κ1) is 16.7. The molecule has 1 aliphatic rings. The maximum atomic E-state index is 12.8. The van der Waals surface area contributed by atoms with Crippen molar-refractivity contribution in [3.63, 3.8) is 0 Å². The normalized spacial score (nSPS) is 20.9. The van der Waals surface area contributed by atoms with Gasteiger partial charge in [-0.25, -0.2) is 0 Å². The molecule has 1 aliphatic heterocycles. The van der Waals surface area contributed by atoms with Crippen molar-refractivity contribution in [3.8, 4) is 0 Å². The van der Waals surface area contributed by atoms with Crippen LogP contribution in [0, 0.1) is 0 Å². The zero-order valence-electron chi connectivity index (χ0n) is 12.3. The summed E-state index contributed by atoms with van der Waals surface area (Å²) in [5.41, 5.74) is -1.36. The highest BCUT2D eigenvalue weighted by Crippen LogP contribution is 2.39. The van der Waals surface area contributed by atoms with Gasteiger partial charge in [-0.3, -0.25) is 0 Å². The maximum absolute atomic E-state index is 12.8. The Morgan fingerprint density at radius 3 is 2.10 bits per heavy atom. The molecule has 21 heavy (non-hydrogen) atoms. The van der Waals surface area contributed by atoms with Gasteiger partial charge in [-0.05, 0) is 45.4 Å². The lowest BCUT2D eigenvalue weighted by Crippen LogP contribution is -2.41. The minimum absolute atomic E-state index is 0.243. The highest BCUT2D eigenvalue weighted by molar-refractivity contribution is 6.45. The second-order valence-corrected chi connectivity index (χ2v) is 6.61. The molecule has 7 heteroatoms. The summed E-state index contributed by atoms with van der Waals surface area (Å²) in [6.07, 6.45) is -4.23. The van der Waals surface area contributed by atoms with Crippen LogP contribution < -0.4 is 0 Å². The zero-order valence-corrected chi connectivity index (χ0v) is 13.1. The van der Waals surface area contributed by atoms with Crippen LogP contribution in [0.3, 0.4) is 0 Å². The molecule has 0 atom stereocenters. The van der Waals surface area contributed by atoms with E-state index in [1.165, 1.54) is 6.07 Å². The molecule has 1 saturated heterocycles. The van der Waals surface area contributed by atoms with Crippen LogP contribution in [0.25, 0.3) is 0 Å². The summed E-state index contributed by atoms with van der Waals surface area (Å²) in [6.45, 7) is 7.60. The fourth-order valence-corrected chi connectivity index (χ4v) is 2.38. The van der Waals surface area contributed by atoms with E-state index in [-0.39, 0.29) is 11.3 Å². The van der Waals surface area contributed by atoms with Gasteiger partial charge in [0.1, 0.15) is 0 Å². The van der Waals surface area contributed by atoms with Crippen molar-refractivity contribution >= 4 is 18.7 Å². The molecule has 0 aliphatic carbocycles. The first-order chi connectivity index (χ1) is 9.42. The van der Waals surface area contributed by atoms with E-state index in [9.17, 15) is 13.2 Å². The quantitative estimate of drug-likeness (QED) is 0.745. The van der Waals surface area contributed by atoms with E-state index in [0.717, 1.165) is 6.07 Å². The second-order valence-electron chi connectivity index (χ2n) is 6.20. The maximum Gasteiger partial charge on any atom is 0.462 e. The molecule has 2 rings (SSSR count). The first-order valence-electron chi connectivity index (χ1n) is 6.64. The Balaban J connectivity index is 2.19. The third-order valence-electron chi connectivity index (χ3n) is 4.04. The molecule has 0 saturated carbocycles. The molecule has 0 spiro atoms. The van der Waals surface area contributed by atoms with Gasteiger partial charge in [0.25, 0.3) is 0 Å². The molecule has 116 valence electrons. The second kappa shape index (κ2) is 5.18. The number of hydrogen-bond acceptors (Lipinski definition) is 2. The van der Waals surface area contributed by atoms with E-state index < -0.39 is 30.1 Å². The Morgan fingerprint density at radius 2 is 1.62 bits per heavy atom. The van der Waals surface area contributed by atoms with E-state index in [0.29, 0.717) is 5.56 Å². The van der Waals surface area contributed by atoms with Gasteiger partial charge in [0.05, 0.1) is 21.8 Å². The Bertz CT molecular complexity index is 528. The lowest BCUT2D eigenvalue weighted by molar-refractivity contribution is -0.137. The third-order valence-corrected chi connectivity index (χ3v) is 4.37. The molecule has 0 N–H and O–H groups in total. The summed E-state index contributed by atoms with van der Waals surface area (Å²) in [5, 5.41) is -0.305. The summed E-state index contributed by atoms with van der Waals surface area (Å²) in [5.74, 6) is 0. The minimum Gasteiger partial charge on any atom is -0.403 e. The summed E-state index contributed by atoms with van der Waals surface area (Å²) in [4.78, 5) is 0. The topological polar surface area (TPSA) is 18.5 Å². The molecule has 1 fully saturated rings. The Morgan fingerprint density at radius 1 is 1.10 bits per heavy atom. The minimum atomic E-state index is -4.47. The largest absolute Gasteiger partial charge is 0.462 e. The van der Waals surface area contributed by atoms with Gasteiger partial charge in [0.2, 0.25) is 0 Å². The average molecular weight is 321 g/mol. The van der Waals surface area contributed by atoms with Gasteiger partial charge >= 0.3 is 13.3 Å². The molecule has 0 amide bonds. The lowest BCUT2D eigenvalue weighted by atomic mass is 9.80. The fraction of sp³-hybridized carbons (Fsp3) is 0.571. The average Bonchev–Trinajstić information content (AvgIpc) is 2.48. The summed E-state index contributed by atoms with van der Waals surface area (Å²) in [7, 11) is -0.572. The molecule has 0 bridgehead atoms. The predicted octanol–water partition coefficient (Wildman–Crippen LogP) is 4.53. The van der Waals surface area contributed by atoms with Crippen molar-refractivity contribution < 1.29 is 22.5 Å². The summed E-state index contributed by atoms with van der Waals surface area (Å²) >= 11 is 5.61. The smallest absolute Gasteiger partial charge is 0.403 e. The SMILES string of the molecule is CC1(C)OB(Cc2ccc(Cl)c(C(F)(F)F)c2)OC1(C)C. The third kappa shape index (κ3) is 3.38. The standard InChI is InChI=1S/C14H17BClF3O2/c1-12(2)13(3,4)21-15(20-12)8-9-5-6-11(16)10(7-9)14(17,18)19/h5-7H,8H2,1-4H3. The van der Waals surface area contributed by atoms with Crippen LogP contribution in [0.4, 0.5) is 13.2 Å². The molecular formula is C14H17BClF3O2. The van der Waals surface area contributed by atoms with Crippen LogP contribution in [0.2, 0.25) is 5.02 Å². The van der Waals surface area contributed by atoms with Crippen molar-refractivity contribution in [2.75, 3.05) is 0 Å². The zero-order chi connectivity index (χ0) is 16.1. The molecule has 0 radical (unpaired) electrons. The van der Waals surface area contributed by atoms with Crippen molar-refractivity contribution in [1.29, 1.82) is 0 Å². The molecule has 0 aromatic heterocycles. The van der Waals surface area contributed by atoms with E-state index >= 15 is 0 Å². The lowest BCUT2D eigenvalue weighted by Gasteiger charge is -2.32. The van der Waals surface area contributed by atoms with Crippen LogP contribution in [-0.2, 0) is 21.8 Å². The number of halogens is 4. The highest BCUT2D eigenvalue weighted by atomic mass is 35.5. The van der Waals surface area contributed by atoms with Crippen molar-refractivity contribution in [1.82, 2.24) is 0 Å². The van der Waals surface area contributed by atoms with E-state index in [1.54, 1.807) is 6.07 Å². The van der Waals surface area contributed by atoms with Crippen LogP contribution in [-0.4, -0.2) is 18.3 Å². The number of rotatable bonds is 2.